The molecule has 6 heteroatoms. The molecule has 4 rings (SSSR count). The van der Waals surface area contributed by atoms with E-state index in [0.29, 0.717) is 17.1 Å². The van der Waals surface area contributed by atoms with Crippen molar-refractivity contribution >= 4 is 22.9 Å². The normalized spacial score (nSPS) is 11.1. The maximum Gasteiger partial charge on any atom is 0.185 e. The number of carbonyl (C=O) groups is 1. The molecule has 0 amide bonds. The van der Waals surface area contributed by atoms with Gasteiger partial charge in [0.05, 0.1) is 25.4 Å². The molecule has 6 nitrogen and oxygen atoms in total. The summed E-state index contributed by atoms with van der Waals surface area (Å²) < 4.78 is 12.3. The summed E-state index contributed by atoms with van der Waals surface area (Å²) in [6.07, 6.45) is 3.27. The van der Waals surface area contributed by atoms with Gasteiger partial charge in [-0.1, -0.05) is 17.3 Å². The average Bonchev–Trinajstić information content (AvgIpc) is 3.21. The van der Waals surface area contributed by atoms with Gasteiger partial charge in [-0.25, -0.2) is 4.68 Å². The van der Waals surface area contributed by atoms with Crippen LogP contribution in [0.1, 0.15) is 15.9 Å². The third-order valence-electron chi connectivity index (χ3n) is 4.60. The molecule has 0 atom stereocenters. The second-order valence-electron chi connectivity index (χ2n) is 6.34. The minimum absolute atomic E-state index is 0.0992. The highest BCUT2D eigenvalue weighted by Gasteiger charge is 2.08. The predicted molar refractivity (Wildman–Crippen MR) is 112 cm³/mol. The smallest absolute Gasteiger partial charge is 0.185 e. The lowest BCUT2D eigenvalue weighted by Crippen LogP contribution is -1.99. The lowest BCUT2D eigenvalue weighted by atomic mass is 10.1. The van der Waals surface area contributed by atoms with Crippen molar-refractivity contribution < 1.29 is 14.3 Å². The molecule has 0 bridgehead atoms. The van der Waals surface area contributed by atoms with Gasteiger partial charge >= 0.3 is 0 Å². The number of benzene rings is 3. The Morgan fingerprint density at radius 3 is 2.52 bits per heavy atom. The second-order valence-corrected chi connectivity index (χ2v) is 6.34. The van der Waals surface area contributed by atoms with E-state index in [0.717, 1.165) is 22.3 Å². The fourth-order valence-corrected chi connectivity index (χ4v) is 3.04. The van der Waals surface area contributed by atoms with E-state index in [1.165, 1.54) is 6.08 Å². The molecule has 29 heavy (non-hydrogen) atoms. The minimum Gasteiger partial charge on any atom is -0.497 e. The maximum atomic E-state index is 12.6. The second kappa shape index (κ2) is 7.98. The summed E-state index contributed by atoms with van der Waals surface area (Å²) in [7, 11) is 3.18. The summed E-state index contributed by atoms with van der Waals surface area (Å²) in [4.78, 5) is 12.6. The molecule has 0 unspecified atom stereocenters. The van der Waals surface area contributed by atoms with Gasteiger partial charge in [-0.2, -0.15) is 0 Å². The first-order valence-electron chi connectivity index (χ1n) is 9.05. The highest BCUT2D eigenvalue weighted by atomic mass is 16.5. The number of ether oxygens (including phenoxy) is 2. The zero-order chi connectivity index (χ0) is 20.2. The van der Waals surface area contributed by atoms with Crippen LogP contribution >= 0.6 is 0 Å². The molecule has 0 saturated heterocycles. The highest BCUT2D eigenvalue weighted by Crippen LogP contribution is 2.26. The predicted octanol–water partition coefficient (Wildman–Crippen LogP) is 4.33. The first-order chi connectivity index (χ1) is 14.2. The molecule has 0 radical (unpaired) electrons. The fraction of sp³-hybridized carbons (Fsp3) is 0.0870. The first kappa shape index (κ1) is 18.4. The number of fused-ring (bicyclic) bond motifs is 1. The van der Waals surface area contributed by atoms with E-state index in [4.69, 9.17) is 9.47 Å². The summed E-state index contributed by atoms with van der Waals surface area (Å²) in [5.74, 6) is 1.24. The number of rotatable bonds is 6. The molecule has 1 heterocycles. The number of methoxy groups -OCH3 is 2. The summed E-state index contributed by atoms with van der Waals surface area (Å²) in [5.41, 5.74) is 3.97. The molecule has 3 aromatic carbocycles. The van der Waals surface area contributed by atoms with Crippen molar-refractivity contribution in [2.45, 2.75) is 0 Å². The van der Waals surface area contributed by atoms with Gasteiger partial charge in [0.15, 0.2) is 5.78 Å². The van der Waals surface area contributed by atoms with Crippen LogP contribution in [0, 0.1) is 0 Å². The van der Waals surface area contributed by atoms with Gasteiger partial charge in [0.1, 0.15) is 17.0 Å². The Labute approximate surface area is 168 Å². The van der Waals surface area contributed by atoms with Crippen molar-refractivity contribution in [2.75, 3.05) is 14.2 Å². The van der Waals surface area contributed by atoms with Crippen molar-refractivity contribution in [2.24, 2.45) is 0 Å². The number of carbonyl (C=O) groups excluding carboxylic acids is 1. The van der Waals surface area contributed by atoms with E-state index < -0.39 is 0 Å². The Morgan fingerprint density at radius 2 is 1.76 bits per heavy atom. The summed E-state index contributed by atoms with van der Waals surface area (Å²) >= 11 is 0. The van der Waals surface area contributed by atoms with Gasteiger partial charge in [-0.05, 0) is 60.7 Å². The lowest BCUT2D eigenvalue weighted by molar-refractivity contribution is 0.104. The molecule has 0 aliphatic heterocycles. The van der Waals surface area contributed by atoms with E-state index in [9.17, 15) is 4.79 Å². The van der Waals surface area contributed by atoms with E-state index in [1.807, 2.05) is 48.5 Å². The molecule has 144 valence electrons. The van der Waals surface area contributed by atoms with Gasteiger partial charge in [-0.15, -0.1) is 5.10 Å². The first-order valence-corrected chi connectivity index (χ1v) is 9.05. The van der Waals surface area contributed by atoms with Crippen molar-refractivity contribution in [1.82, 2.24) is 15.0 Å². The molecule has 0 aliphatic rings. The zero-order valence-electron chi connectivity index (χ0n) is 16.1. The summed E-state index contributed by atoms with van der Waals surface area (Å²) in [6, 6.07) is 20.5. The van der Waals surface area contributed by atoms with Crippen LogP contribution in [0.2, 0.25) is 0 Å². The molecule has 4 aromatic rings. The van der Waals surface area contributed by atoms with Gasteiger partial charge in [0.2, 0.25) is 0 Å². The zero-order valence-corrected chi connectivity index (χ0v) is 16.1. The van der Waals surface area contributed by atoms with Crippen LogP contribution in [0.15, 0.2) is 72.8 Å². The van der Waals surface area contributed by atoms with E-state index >= 15 is 0 Å². The number of allylic oxidation sites excluding steroid dienone is 1. The fourth-order valence-electron chi connectivity index (χ4n) is 3.04. The quantitative estimate of drug-likeness (QED) is 0.365. The van der Waals surface area contributed by atoms with Crippen LogP contribution in [0.3, 0.4) is 0 Å². The number of nitrogens with zero attached hydrogens (tertiary/aromatic N) is 3. The third kappa shape index (κ3) is 3.73. The van der Waals surface area contributed by atoms with E-state index in [-0.39, 0.29) is 5.78 Å². The Kier molecular flexibility index (Phi) is 5.07. The van der Waals surface area contributed by atoms with Crippen LogP contribution < -0.4 is 9.47 Å². The molecular weight excluding hydrogens is 366 g/mol. The SMILES string of the molecule is COc1ccc(/C=C/C(=O)c2ccc(-n3nnc4ccccc43)cc2)c(OC)c1. The molecular formula is C23H19N3O3. The van der Waals surface area contributed by atoms with Crippen LogP contribution in [-0.4, -0.2) is 35.0 Å². The Bertz CT molecular complexity index is 1190. The number of para-hydroxylation sites is 1. The van der Waals surface area contributed by atoms with Crippen LogP contribution in [-0.2, 0) is 0 Å². The lowest BCUT2D eigenvalue weighted by Gasteiger charge is -2.07. The highest BCUT2D eigenvalue weighted by molar-refractivity contribution is 6.07. The monoisotopic (exact) mass is 385 g/mol. The summed E-state index contributed by atoms with van der Waals surface area (Å²) in [6.45, 7) is 0. The van der Waals surface area contributed by atoms with Crippen LogP contribution in [0.5, 0.6) is 11.5 Å². The van der Waals surface area contributed by atoms with Gasteiger partial charge < -0.3 is 9.47 Å². The molecule has 0 aliphatic carbocycles. The number of hydrogen-bond acceptors (Lipinski definition) is 5. The Balaban J connectivity index is 1.55. The van der Waals surface area contributed by atoms with E-state index in [1.54, 1.807) is 43.2 Å². The van der Waals surface area contributed by atoms with Gasteiger partial charge in [-0.3, -0.25) is 4.79 Å². The Morgan fingerprint density at radius 1 is 0.966 bits per heavy atom. The average molecular weight is 385 g/mol. The van der Waals surface area contributed by atoms with Crippen LogP contribution in [0.4, 0.5) is 0 Å². The van der Waals surface area contributed by atoms with Gasteiger partial charge in [0.25, 0.3) is 0 Å². The summed E-state index contributed by atoms with van der Waals surface area (Å²) in [5, 5.41) is 8.35. The largest absolute Gasteiger partial charge is 0.497 e. The standard InChI is InChI=1S/C23H19N3O3/c1-28-19-13-9-17(23(15-19)29-2)10-14-22(27)16-7-11-18(12-8-16)26-21-6-4-3-5-20(21)24-25-26/h3-15H,1-2H3/b14-10+. The third-order valence-corrected chi connectivity index (χ3v) is 4.60. The van der Waals surface area contributed by atoms with Gasteiger partial charge in [0, 0.05) is 17.2 Å². The minimum atomic E-state index is -0.0992. The van der Waals surface area contributed by atoms with Crippen molar-refractivity contribution in [1.29, 1.82) is 0 Å². The van der Waals surface area contributed by atoms with Crippen molar-refractivity contribution in [3.63, 3.8) is 0 Å². The molecule has 1 aromatic heterocycles. The van der Waals surface area contributed by atoms with Crippen LogP contribution in [0.25, 0.3) is 22.8 Å². The molecule has 0 spiro atoms. The number of aromatic nitrogens is 3. The molecule has 0 fully saturated rings. The topological polar surface area (TPSA) is 66.2 Å². The molecule has 0 saturated carbocycles. The number of ketones is 1. The number of hydrogen-bond donors (Lipinski definition) is 0. The van der Waals surface area contributed by atoms with Crippen molar-refractivity contribution in [3.05, 3.63) is 83.9 Å². The van der Waals surface area contributed by atoms with Crippen molar-refractivity contribution in [3.8, 4) is 17.2 Å². The maximum absolute atomic E-state index is 12.6. The molecule has 0 N–H and O–H groups in total. The Hall–Kier alpha value is -3.93. The van der Waals surface area contributed by atoms with E-state index in [2.05, 4.69) is 10.3 Å².